The number of anilines is 2. The number of aromatic nitrogens is 2. The smallest absolute Gasteiger partial charge is 0.218 e. The number of benzene rings is 2. The molecule has 1 aromatic heterocycles. The van der Waals surface area contributed by atoms with Crippen molar-refractivity contribution in [3.05, 3.63) is 66.5 Å². The Labute approximate surface area is 170 Å². The van der Waals surface area contributed by atoms with Crippen LogP contribution in [0.2, 0.25) is 0 Å². The van der Waals surface area contributed by atoms with E-state index in [9.17, 15) is 8.42 Å². The van der Waals surface area contributed by atoms with Gasteiger partial charge in [0.05, 0.1) is 12.8 Å². The molecular weight excluding hydrogens is 388 g/mol. The van der Waals surface area contributed by atoms with Crippen molar-refractivity contribution in [2.24, 2.45) is 0 Å². The molecule has 4 rings (SSSR count). The van der Waals surface area contributed by atoms with Crippen LogP contribution < -0.4 is 14.8 Å². The molecule has 0 spiro atoms. The molecule has 0 aliphatic carbocycles. The summed E-state index contributed by atoms with van der Waals surface area (Å²) in [5.74, 6) is 1.34. The van der Waals surface area contributed by atoms with Crippen LogP contribution in [-0.4, -0.2) is 32.0 Å². The summed E-state index contributed by atoms with van der Waals surface area (Å²) < 4.78 is 32.7. The van der Waals surface area contributed by atoms with Crippen LogP contribution in [0.15, 0.2) is 60.9 Å². The standard InChI is InChI=1S/C21H22N4O3S/c1-28-19-9-3-2-8-17(19)18-13-21(23-14-22-18)25-16-7-4-6-15(12-16)20-10-5-11-24-29(20,26)27/h2-4,6-9,12-14,20,24H,5,10-11H2,1H3,(H,22,23,25). The number of methoxy groups -OCH3 is 1. The van der Waals surface area contributed by atoms with Crippen molar-refractivity contribution in [3.63, 3.8) is 0 Å². The predicted molar refractivity (Wildman–Crippen MR) is 113 cm³/mol. The van der Waals surface area contributed by atoms with Crippen molar-refractivity contribution < 1.29 is 13.2 Å². The van der Waals surface area contributed by atoms with Gasteiger partial charge in [0.2, 0.25) is 10.0 Å². The Balaban J connectivity index is 1.61. The Bertz CT molecular complexity index is 1120. The molecule has 3 aromatic rings. The molecule has 1 aliphatic heterocycles. The van der Waals surface area contributed by atoms with Crippen LogP contribution in [0.4, 0.5) is 11.5 Å². The fourth-order valence-electron chi connectivity index (χ4n) is 3.50. The molecule has 1 aliphatic rings. The van der Waals surface area contributed by atoms with Crippen molar-refractivity contribution in [1.82, 2.24) is 14.7 Å². The number of nitrogens with zero attached hydrogens (tertiary/aromatic N) is 2. The second-order valence-corrected chi connectivity index (χ2v) is 8.76. The van der Waals surface area contributed by atoms with Gasteiger partial charge in [-0.2, -0.15) is 0 Å². The van der Waals surface area contributed by atoms with Crippen LogP contribution in [0.25, 0.3) is 11.3 Å². The lowest BCUT2D eigenvalue weighted by Crippen LogP contribution is -2.34. The summed E-state index contributed by atoms with van der Waals surface area (Å²) in [6, 6.07) is 16.9. The van der Waals surface area contributed by atoms with Gasteiger partial charge in [-0.25, -0.2) is 23.1 Å². The molecule has 1 fully saturated rings. The van der Waals surface area contributed by atoms with E-state index in [2.05, 4.69) is 20.0 Å². The molecule has 2 heterocycles. The number of nitrogens with one attached hydrogen (secondary N) is 2. The van der Waals surface area contributed by atoms with Gasteiger partial charge in [-0.1, -0.05) is 24.3 Å². The molecule has 0 saturated carbocycles. The number of ether oxygens (including phenoxy) is 1. The topological polar surface area (TPSA) is 93.2 Å². The number of sulfonamides is 1. The first-order valence-electron chi connectivity index (χ1n) is 9.38. The monoisotopic (exact) mass is 410 g/mol. The minimum Gasteiger partial charge on any atom is -0.496 e. The third-order valence-corrected chi connectivity index (χ3v) is 6.77. The summed E-state index contributed by atoms with van der Waals surface area (Å²) in [6.07, 6.45) is 2.93. The lowest BCUT2D eigenvalue weighted by molar-refractivity contribution is 0.416. The SMILES string of the molecule is COc1ccccc1-c1cc(Nc2cccc(C3CCCNS3(=O)=O)c2)ncn1. The Morgan fingerprint density at radius 3 is 2.79 bits per heavy atom. The highest BCUT2D eigenvalue weighted by Gasteiger charge is 2.30. The normalized spacial score (nSPS) is 18.2. The van der Waals surface area contributed by atoms with Crippen molar-refractivity contribution >= 4 is 21.5 Å². The molecule has 1 atom stereocenters. The fourth-order valence-corrected chi connectivity index (χ4v) is 5.11. The number of hydrogen-bond acceptors (Lipinski definition) is 6. The quantitative estimate of drug-likeness (QED) is 0.667. The van der Waals surface area contributed by atoms with Gasteiger partial charge in [0, 0.05) is 23.9 Å². The van der Waals surface area contributed by atoms with Crippen LogP contribution in [0.1, 0.15) is 23.7 Å². The van der Waals surface area contributed by atoms with E-state index in [0.717, 1.165) is 34.7 Å². The van der Waals surface area contributed by atoms with Crippen LogP contribution in [0, 0.1) is 0 Å². The van der Waals surface area contributed by atoms with E-state index in [-0.39, 0.29) is 0 Å². The zero-order chi connectivity index (χ0) is 20.3. The van der Waals surface area contributed by atoms with E-state index >= 15 is 0 Å². The molecule has 0 radical (unpaired) electrons. The minimum absolute atomic E-state index is 0.503. The second kappa shape index (κ2) is 8.18. The van der Waals surface area contributed by atoms with Gasteiger partial charge in [0.1, 0.15) is 23.1 Å². The first kappa shape index (κ1) is 19.4. The first-order chi connectivity index (χ1) is 14.1. The van der Waals surface area contributed by atoms with Crippen molar-refractivity contribution in [1.29, 1.82) is 0 Å². The molecule has 8 heteroatoms. The summed E-state index contributed by atoms with van der Waals surface area (Å²) in [6.45, 7) is 0.503. The van der Waals surface area contributed by atoms with Crippen molar-refractivity contribution in [3.8, 4) is 17.0 Å². The van der Waals surface area contributed by atoms with E-state index in [1.165, 1.54) is 6.33 Å². The Hall–Kier alpha value is -2.97. The van der Waals surface area contributed by atoms with E-state index < -0.39 is 15.3 Å². The van der Waals surface area contributed by atoms with Crippen LogP contribution in [-0.2, 0) is 10.0 Å². The third kappa shape index (κ3) is 4.23. The Morgan fingerprint density at radius 1 is 1.10 bits per heavy atom. The highest BCUT2D eigenvalue weighted by atomic mass is 32.2. The molecule has 0 bridgehead atoms. The lowest BCUT2D eigenvalue weighted by atomic mass is 10.1. The summed E-state index contributed by atoms with van der Waals surface area (Å²) >= 11 is 0. The van der Waals surface area contributed by atoms with Crippen LogP contribution >= 0.6 is 0 Å². The second-order valence-electron chi connectivity index (χ2n) is 6.81. The van der Waals surface area contributed by atoms with E-state index in [4.69, 9.17) is 4.74 Å². The molecule has 1 saturated heterocycles. The van der Waals surface area contributed by atoms with Gasteiger partial charge >= 0.3 is 0 Å². The lowest BCUT2D eigenvalue weighted by Gasteiger charge is -2.23. The van der Waals surface area contributed by atoms with Crippen molar-refractivity contribution in [2.45, 2.75) is 18.1 Å². The molecule has 2 N–H and O–H groups in total. The first-order valence-corrected chi connectivity index (χ1v) is 10.9. The maximum Gasteiger partial charge on any atom is 0.218 e. The zero-order valence-corrected chi connectivity index (χ0v) is 16.8. The summed E-state index contributed by atoms with van der Waals surface area (Å²) in [7, 11) is -1.71. The molecular formula is C21H22N4O3S. The van der Waals surface area contributed by atoms with Crippen LogP contribution in [0.3, 0.4) is 0 Å². The summed E-state index contributed by atoms with van der Waals surface area (Å²) in [5, 5.41) is 2.72. The van der Waals surface area contributed by atoms with E-state index in [1.54, 1.807) is 7.11 Å². The number of rotatable bonds is 5. The zero-order valence-electron chi connectivity index (χ0n) is 16.0. The average Bonchev–Trinajstić information content (AvgIpc) is 2.74. The van der Waals surface area contributed by atoms with Gasteiger partial charge in [-0.15, -0.1) is 0 Å². The third-order valence-electron chi connectivity index (χ3n) is 4.90. The molecule has 2 aromatic carbocycles. The van der Waals surface area contributed by atoms with Gasteiger partial charge < -0.3 is 10.1 Å². The number of hydrogen-bond donors (Lipinski definition) is 2. The highest BCUT2D eigenvalue weighted by Crippen LogP contribution is 2.32. The Kier molecular flexibility index (Phi) is 5.46. The van der Waals surface area contributed by atoms with Crippen LogP contribution in [0.5, 0.6) is 5.75 Å². The molecule has 7 nitrogen and oxygen atoms in total. The maximum absolute atomic E-state index is 12.3. The maximum atomic E-state index is 12.3. The average molecular weight is 410 g/mol. The summed E-state index contributed by atoms with van der Waals surface area (Å²) in [4.78, 5) is 8.64. The van der Waals surface area contributed by atoms with Gasteiger partial charge in [0.25, 0.3) is 0 Å². The van der Waals surface area contributed by atoms with Gasteiger partial charge in [0.15, 0.2) is 0 Å². The van der Waals surface area contributed by atoms with E-state index in [0.29, 0.717) is 18.8 Å². The van der Waals surface area contributed by atoms with E-state index in [1.807, 2.05) is 54.6 Å². The summed E-state index contributed by atoms with van der Waals surface area (Å²) in [5.41, 5.74) is 3.14. The van der Waals surface area contributed by atoms with Gasteiger partial charge in [-0.3, -0.25) is 0 Å². The highest BCUT2D eigenvalue weighted by molar-refractivity contribution is 7.89. The predicted octanol–water partition coefficient (Wildman–Crippen LogP) is 3.65. The fraction of sp³-hybridized carbons (Fsp3) is 0.238. The minimum atomic E-state index is -3.33. The van der Waals surface area contributed by atoms with Gasteiger partial charge in [-0.05, 0) is 42.7 Å². The molecule has 0 amide bonds. The molecule has 1 unspecified atom stereocenters. The number of para-hydroxylation sites is 1. The molecule has 29 heavy (non-hydrogen) atoms. The van der Waals surface area contributed by atoms with Crippen molar-refractivity contribution in [2.75, 3.05) is 19.0 Å². The largest absolute Gasteiger partial charge is 0.496 e. The molecule has 150 valence electrons. The Morgan fingerprint density at radius 2 is 1.97 bits per heavy atom.